The highest BCUT2D eigenvalue weighted by Gasteiger charge is 2.15. The third-order valence-electron chi connectivity index (χ3n) is 3.64. The lowest BCUT2D eigenvalue weighted by Crippen LogP contribution is -2.22. The van der Waals surface area contributed by atoms with Crippen LogP contribution in [0.1, 0.15) is 46.8 Å². The second-order valence-electron chi connectivity index (χ2n) is 5.26. The molecule has 0 aliphatic rings. The maximum Gasteiger partial charge on any atom is 0.119 e. The first-order chi connectivity index (χ1) is 9.51. The lowest BCUT2D eigenvalue weighted by atomic mass is 10.0. The highest BCUT2D eigenvalue weighted by molar-refractivity contribution is 7.12. The summed E-state index contributed by atoms with van der Waals surface area (Å²) in [7, 11) is 1.71. The molecule has 0 amide bonds. The molecule has 0 bridgehead atoms. The van der Waals surface area contributed by atoms with Crippen molar-refractivity contribution < 1.29 is 4.74 Å². The zero-order valence-corrected chi connectivity index (χ0v) is 13.7. The number of hydrogen-bond acceptors (Lipinski definition) is 3. The lowest BCUT2D eigenvalue weighted by Gasteiger charge is -2.21. The Morgan fingerprint density at radius 1 is 1.10 bits per heavy atom. The van der Waals surface area contributed by atoms with Gasteiger partial charge in [0.25, 0.3) is 0 Å². The lowest BCUT2D eigenvalue weighted by molar-refractivity contribution is 0.412. The Balaban J connectivity index is 2.10. The van der Waals surface area contributed by atoms with Gasteiger partial charge in [-0.05, 0) is 57.0 Å². The van der Waals surface area contributed by atoms with Crippen molar-refractivity contribution in [3.05, 3.63) is 51.2 Å². The van der Waals surface area contributed by atoms with E-state index >= 15 is 0 Å². The van der Waals surface area contributed by atoms with Crippen LogP contribution in [0, 0.1) is 13.8 Å². The normalized spacial score (nSPS) is 14.1. The minimum atomic E-state index is 0.291. The summed E-state index contributed by atoms with van der Waals surface area (Å²) in [6.07, 6.45) is 0. The third-order valence-corrected chi connectivity index (χ3v) is 4.62. The van der Waals surface area contributed by atoms with E-state index in [-0.39, 0.29) is 0 Å². The molecule has 1 aromatic heterocycles. The van der Waals surface area contributed by atoms with E-state index in [1.54, 1.807) is 7.11 Å². The molecule has 2 nitrogen and oxygen atoms in total. The topological polar surface area (TPSA) is 21.3 Å². The van der Waals surface area contributed by atoms with Gasteiger partial charge in [0.2, 0.25) is 0 Å². The Labute approximate surface area is 125 Å². The third kappa shape index (κ3) is 3.41. The molecule has 0 saturated carbocycles. The molecule has 2 unspecified atom stereocenters. The van der Waals surface area contributed by atoms with Gasteiger partial charge in [0.1, 0.15) is 5.75 Å². The van der Waals surface area contributed by atoms with Crippen molar-refractivity contribution in [2.75, 3.05) is 7.11 Å². The van der Waals surface area contributed by atoms with E-state index in [9.17, 15) is 0 Å². The Morgan fingerprint density at radius 2 is 1.85 bits per heavy atom. The van der Waals surface area contributed by atoms with Crippen LogP contribution in [0.25, 0.3) is 0 Å². The standard InChI is InChI=1S/C17H23NOS/c1-11-9-17(14(4)20-11)13(3)18-12(2)15-7-6-8-16(10-15)19-5/h6-10,12-13,18H,1-5H3. The predicted octanol–water partition coefficient (Wildman–Crippen LogP) is 4.79. The minimum absolute atomic E-state index is 0.291. The SMILES string of the molecule is COc1cccc(C(C)NC(C)c2cc(C)sc2C)c1. The molecule has 20 heavy (non-hydrogen) atoms. The Morgan fingerprint density at radius 3 is 2.45 bits per heavy atom. The van der Waals surface area contributed by atoms with Gasteiger partial charge < -0.3 is 10.1 Å². The van der Waals surface area contributed by atoms with E-state index < -0.39 is 0 Å². The molecule has 1 N–H and O–H groups in total. The van der Waals surface area contributed by atoms with Crippen molar-refractivity contribution in [3.63, 3.8) is 0 Å². The molecule has 108 valence electrons. The van der Waals surface area contributed by atoms with E-state index in [0.29, 0.717) is 12.1 Å². The van der Waals surface area contributed by atoms with Gasteiger partial charge in [-0.3, -0.25) is 0 Å². The fraction of sp³-hybridized carbons (Fsp3) is 0.412. The van der Waals surface area contributed by atoms with E-state index in [2.05, 4.69) is 51.2 Å². The van der Waals surface area contributed by atoms with Crippen LogP contribution in [0.2, 0.25) is 0 Å². The van der Waals surface area contributed by atoms with Gasteiger partial charge in [-0.1, -0.05) is 12.1 Å². The average molecular weight is 289 g/mol. The van der Waals surface area contributed by atoms with Crippen molar-refractivity contribution in [2.45, 2.75) is 39.8 Å². The van der Waals surface area contributed by atoms with Gasteiger partial charge >= 0.3 is 0 Å². The maximum absolute atomic E-state index is 5.29. The minimum Gasteiger partial charge on any atom is -0.497 e. The van der Waals surface area contributed by atoms with Crippen LogP contribution in [0.4, 0.5) is 0 Å². The first-order valence-electron chi connectivity index (χ1n) is 6.98. The number of benzene rings is 1. The summed E-state index contributed by atoms with van der Waals surface area (Å²) in [5, 5.41) is 3.67. The quantitative estimate of drug-likeness (QED) is 0.855. The molecule has 2 atom stereocenters. The van der Waals surface area contributed by atoms with Gasteiger partial charge in [-0.2, -0.15) is 0 Å². The fourth-order valence-electron chi connectivity index (χ4n) is 2.55. The summed E-state index contributed by atoms with van der Waals surface area (Å²) in [6.45, 7) is 8.78. The highest BCUT2D eigenvalue weighted by atomic mass is 32.1. The van der Waals surface area contributed by atoms with Gasteiger partial charge in [0, 0.05) is 21.8 Å². The highest BCUT2D eigenvalue weighted by Crippen LogP contribution is 2.28. The van der Waals surface area contributed by atoms with Crippen molar-refractivity contribution >= 4 is 11.3 Å². The Bertz CT molecular complexity index is 576. The number of thiophene rings is 1. The smallest absolute Gasteiger partial charge is 0.119 e. The molecular formula is C17H23NOS. The number of nitrogens with one attached hydrogen (secondary N) is 1. The van der Waals surface area contributed by atoms with Crippen LogP contribution in [0.15, 0.2) is 30.3 Å². The second-order valence-corrected chi connectivity index (χ2v) is 6.72. The monoisotopic (exact) mass is 289 g/mol. The van der Waals surface area contributed by atoms with Crippen molar-refractivity contribution in [3.8, 4) is 5.75 Å². The largest absolute Gasteiger partial charge is 0.497 e. The molecule has 0 aliphatic heterocycles. The van der Waals surface area contributed by atoms with Crippen LogP contribution in [-0.2, 0) is 0 Å². The number of methoxy groups -OCH3 is 1. The molecule has 3 heteroatoms. The molecular weight excluding hydrogens is 266 g/mol. The summed E-state index contributed by atoms with van der Waals surface area (Å²) in [6, 6.07) is 11.2. The first-order valence-corrected chi connectivity index (χ1v) is 7.80. The molecule has 0 aliphatic carbocycles. The van der Waals surface area contributed by atoms with Gasteiger partial charge in [-0.25, -0.2) is 0 Å². The summed E-state index contributed by atoms with van der Waals surface area (Å²) in [4.78, 5) is 2.78. The number of aryl methyl sites for hydroxylation is 2. The Kier molecular flexibility index (Phi) is 4.84. The molecule has 1 heterocycles. The van der Waals surface area contributed by atoms with Crippen LogP contribution in [-0.4, -0.2) is 7.11 Å². The van der Waals surface area contributed by atoms with E-state index in [1.165, 1.54) is 20.9 Å². The molecule has 2 rings (SSSR count). The molecule has 0 spiro atoms. The molecule has 2 aromatic rings. The maximum atomic E-state index is 5.29. The molecule has 0 saturated heterocycles. The molecule has 1 aromatic carbocycles. The van der Waals surface area contributed by atoms with Crippen LogP contribution < -0.4 is 10.1 Å². The number of rotatable bonds is 5. The summed E-state index contributed by atoms with van der Waals surface area (Å²) >= 11 is 1.87. The van der Waals surface area contributed by atoms with E-state index in [4.69, 9.17) is 4.74 Å². The zero-order chi connectivity index (χ0) is 14.7. The van der Waals surface area contributed by atoms with Gasteiger partial charge in [0.05, 0.1) is 7.11 Å². The van der Waals surface area contributed by atoms with Gasteiger partial charge in [-0.15, -0.1) is 11.3 Å². The molecule has 0 radical (unpaired) electrons. The van der Waals surface area contributed by atoms with E-state index in [1.807, 2.05) is 23.5 Å². The van der Waals surface area contributed by atoms with Crippen LogP contribution >= 0.6 is 11.3 Å². The zero-order valence-electron chi connectivity index (χ0n) is 12.9. The van der Waals surface area contributed by atoms with Crippen LogP contribution in [0.3, 0.4) is 0 Å². The fourth-order valence-corrected chi connectivity index (χ4v) is 3.57. The van der Waals surface area contributed by atoms with E-state index in [0.717, 1.165) is 5.75 Å². The molecule has 0 fully saturated rings. The van der Waals surface area contributed by atoms with Gasteiger partial charge in [0.15, 0.2) is 0 Å². The second kappa shape index (κ2) is 6.42. The summed E-state index contributed by atoms with van der Waals surface area (Å²) in [5.41, 5.74) is 2.66. The predicted molar refractivity (Wildman–Crippen MR) is 86.8 cm³/mol. The number of hydrogen-bond donors (Lipinski definition) is 1. The number of ether oxygens (including phenoxy) is 1. The average Bonchev–Trinajstić information content (AvgIpc) is 2.77. The van der Waals surface area contributed by atoms with Crippen molar-refractivity contribution in [1.29, 1.82) is 0 Å². The first kappa shape index (κ1) is 15.1. The van der Waals surface area contributed by atoms with Crippen molar-refractivity contribution in [2.24, 2.45) is 0 Å². The van der Waals surface area contributed by atoms with Crippen molar-refractivity contribution in [1.82, 2.24) is 5.32 Å². The summed E-state index contributed by atoms with van der Waals surface area (Å²) in [5.74, 6) is 0.909. The Hall–Kier alpha value is -1.32. The van der Waals surface area contributed by atoms with Crippen LogP contribution in [0.5, 0.6) is 5.75 Å². The summed E-state index contributed by atoms with van der Waals surface area (Å²) < 4.78 is 5.29.